The summed E-state index contributed by atoms with van der Waals surface area (Å²) >= 11 is 0. The Hall–Kier alpha value is -1.04. The Bertz CT molecular complexity index is 302. The number of nitrogens with two attached hydrogens (primary N) is 1. The van der Waals surface area contributed by atoms with Crippen LogP contribution in [-0.2, 0) is 4.74 Å². The summed E-state index contributed by atoms with van der Waals surface area (Å²) in [7, 11) is 1.71. The Kier molecular flexibility index (Phi) is 4.79. The predicted octanol–water partition coefficient (Wildman–Crippen LogP) is 1.19. The van der Waals surface area contributed by atoms with Crippen molar-refractivity contribution in [3.05, 3.63) is 24.3 Å². The number of hydrogen-bond acceptors (Lipinski definition) is 5. The van der Waals surface area contributed by atoms with Gasteiger partial charge in [0.1, 0.15) is 5.82 Å². The Morgan fingerprint density at radius 1 is 1.44 bits per heavy atom. The molecule has 1 unspecified atom stereocenters. The van der Waals surface area contributed by atoms with Gasteiger partial charge in [0.2, 0.25) is 0 Å². The number of methoxy groups -OCH3 is 1. The predicted molar refractivity (Wildman–Crippen MR) is 62.4 cm³/mol. The highest BCUT2D eigenvalue weighted by molar-refractivity contribution is 4.95. The Morgan fingerprint density at radius 2 is 2.06 bits per heavy atom. The molecule has 5 nitrogen and oxygen atoms in total. The zero-order valence-corrected chi connectivity index (χ0v) is 10.1. The highest BCUT2D eigenvalue weighted by Crippen LogP contribution is 2.21. The average Bonchev–Trinajstić information content (AvgIpc) is 2.31. The van der Waals surface area contributed by atoms with E-state index in [2.05, 4.69) is 15.4 Å². The second kappa shape index (κ2) is 5.89. The molecule has 1 atom stereocenters. The van der Waals surface area contributed by atoms with Crippen molar-refractivity contribution >= 4 is 0 Å². The summed E-state index contributed by atoms with van der Waals surface area (Å²) in [6.07, 6.45) is 5.15. The van der Waals surface area contributed by atoms with Crippen LogP contribution in [0.1, 0.15) is 38.6 Å². The van der Waals surface area contributed by atoms with Crippen LogP contribution in [0.5, 0.6) is 0 Å². The fourth-order valence-electron chi connectivity index (χ4n) is 1.37. The molecule has 1 aromatic rings. The lowest BCUT2D eigenvalue weighted by molar-refractivity contribution is 0.0115. The Morgan fingerprint density at radius 3 is 2.56 bits per heavy atom. The third kappa shape index (κ3) is 3.84. The molecule has 0 aromatic carbocycles. The molecule has 0 aliphatic carbocycles. The van der Waals surface area contributed by atoms with E-state index in [1.807, 2.05) is 13.8 Å². The van der Waals surface area contributed by atoms with Crippen LogP contribution in [0.4, 0.5) is 0 Å². The van der Waals surface area contributed by atoms with Crippen LogP contribution in [0.2, 0.25) is 0 Å². The van der Waals surface area contributed by atoms with E-state index in [4.69, 9.17) is 10.6 Å². The molecule has 5 heteroatoms. The van der Waals surface area contributed by atoms with Crippen molar-refractivity contribution in [3.8, 4) is 0 Å². The van der Waals surface area contributed by atoms with Crippen LogP contribution in [0.3, 0.4) is 0 Å². The molecule has 0 aliphatic heterocycles. The molecule has 0 saturated heterocycles. The van der Waals surface area contributed by atoms with Crippen molar-refractivity contribution < 1.29 is 4.74 Å². The molecule has 1 rings (SSSR count). The lowest BCUT2D eigenvalue weighted by atomic mass is 9.99. The molecule has 3 N–H and O–H groups in total. The molecule has 0 saturated carbocycles. The molecule has 0 fully saturated rings. The minimum atomic E-state index is -0.149. The molecular formula is C11H20N4O. The average molecular weight is 224 g/mol. The SMILES string of the molecule is COC(C)(C)CCC(NN)c1ncccn1. The van der Waals surface area contributed by atoms with Gasteiger partial charge in [-0.05, 0) is 32.8 Å². The van der Waals surface area contributed by atoms with Crippen molar-refractivity contribution in [2.24, 2.45) is 5.84 Å². The summed E-state index contributed by atoms with van der Waals surface area (Å²) in [4.78, 5) is 8.36. The third-order valence-electron chi connectivity index (χ3n) is 2.69. The van der Waals surface area contributed by atoms with E-state index in [1.54, 1.807) is 25.6 Å². The normalized spacial score (nSPS) is 13.8. The van der Waals surface area contributed by atoms with Crippen LogP contribution < -0.4 is 11.3 Å². The number of ether oxygens (including phenoxy) is 1. The van der Waals surface area contributed by atoms with Gasteiger partial charge in [-0.15, -0.1) is 0 Å². The summed E-state index contributed by atoms with van der Waals surface area (Å²) in [6, 6.07) is 1.76. The van der Waals surface area contributed by atoms with E-state index in [0.717, 1.165) is 18.7 Å². The van der Waals surface area contributed by atoms with E-state index in [9.17, 15) is 0 Å². The molecule has 1 aromatic heterocycles. The second-order valence-corrected chi connectivity index (χ2v) is 4.33. The largest absolute Gasteiger partial charge is 0.379 e. The van der Waals surface area contributed by atoms with Crippen LogP contribution in [0.15, 0.2) is 18.5 Å². The first-order valence-electron chi connectivity index (χ1n) is 5.37. The fourth-order valence-corrected chi connectivity index (χ4v) is 1.37. The lowest BCUT2D eigenvalue weighted by Gasteiger charge is -2.25. The Balaban J connectivity index is 2.57. The third-order valence-corrected chi connectivity index (χ3v) is 2.69. The van der Waals surface area contributed by atoms with Crippen LogP contribution in [0.25, 0.3) is 0 Å². The minimum Gasteiger partial charge on any atom is -0.379 e. The van der Waals surface area contributed by atoms with Gasteiger partial charge in [-0.1, -0.05) is 0 Å². The molecule has 0 aliphatic rings. The first kappa shape index (κ1) is 13.0. The monoisotopic (exact) mass is 224 g/mol. The van der Waals surface area contributed by atoms with Gasteiger partial charge in [0, 0.05) is 19.5 Å². The summed E-state index contributed by atoms with van der Waals surface area (Å²) in [5.41, 5.74) is 2.59. The lowest BCUT2D eigenvalue weighted by Crippen LogP contribution is -2.32. The molecule has 0 amide bonds. The van der Waals surface area contributed by atoms with Crippen molar-refractivity contribution in [2.75, 3.05) is 7.11 Å². The molecule has 1 heterocycles. The summed E-state index contributed by atoms with van der Waals surface area (Å²) in [5, 5.41) is 0. The van der Waals surface area contributed by atoms with Gasteiger partial charge in [0.25, 0.3) is 0 Å². The topological polar surface area (TPSA) is 73.1 Å². The van der Waals surface area contributed by atoms with Gasteiger partial charge in [0.15, 0.2) is 0 Å². The second-order valence-electron chi connectivity index (χ2n) is 4.33. The van der Waals surface area contributed by atoms with Gasteiger partial charge in [0.05, 0.1) is 11.6 Å². The maximum Gasteiger partial charge on any atom is 0.146 e. The number of nitrogens with zero attached hydrogens (tertiary/aromatic N) is 2. The maximum atomic E-state index is 5.50. The van der Waals surface area contributed by atoms with Gasteiger partial charge >= 0.3 is 0 Å². The van der Waals surface area contributed by atoms with Gasteiger partial charge < -0.3 is 4.74 Å². The van der Waals surface area contributed by atoms with E-state index < -0.39 is 0 Å². The van der Waals surface area contributed by atoms with Crippen LogP contribution in [-0.4, -0.2) is 22.7 Å². The van der Waals surface area contributed by atoms with E-state index in [-0.39, 0.29) is 11.6 Å². The molecule has 0 spiro atoms. The quantitative estimate of drug-likeness (QED) is 0.561. The maximum absolute atomic E-state index is 5.50. The molecular weight excluding hydrogens is 204 g/mol. The van der Waals surface area contributed by atoms with Crippen molar-refractivity contribution in [2.45, 2.75) is 38.3 Å². The van der Waals surface area contributed by atoms with Crippen molar-refractivity contribution in [1.29, 1.82) is 0 Å². The number of hydrogen-bond donors (Lipinski definition) is 2. The van der Waals surface area contributed by atoms with Crippen LogP contribution >= 0.6 is 0 Å². The van der Waals surface area contributed by atoms with E-state index in [1.165, 1.54) is 0 Å². The van der Waals surface area contributed by atoms with Crippen LogP contribution in [0, 0.1) is 0 Å². The number of rotatable bonds is 6. The molecule has 0 radical (unpaired) electrons. The molecule has 0 bridgehead atoms. The first-order chi connectivity index (χ1) is 7.59. The van der Waals surface area contributed by atoms with Gasteiger partial charge in [-0.3, -0.25) is 5.84 Å². The minimum absolute atomic E-state index is 0.0318. The number of hydrazine groups is 1. The van der Waals surface area contributed by atoms with E-state index >= 15 is 0 Å². The van der Waals surface area contributed by atoms with Crippen molar-refractivity contribution in [1.82, 2.24) is 15.4 Å². The smallest absolute Gasteiger partial charge is 0.146 e. The highest BCUT2D eigenvalue weighted by Gasteiger charge is 2.20. The molecule has 90 valence electrons. The van der Waals surface area contributed by atoms with Gasteiger partial charge in [-0.25, -0.2) is 15.4 Å². The Labute approximate surface area is 96.4 Å². The first-order valence-corrected chi connectivity index (χ1v) is 5.37. The van der Waals surface area contributed by atoms with Crippen molar-refractivity contribution in [3.63, 3.8) is 0 Å². The van der Waals surface area contributed by atoms with Gasteiger partial charge in [-0.2, -0.15) is 0 Å². The van der Waals surface area contributed by atoms with E-state index in [0.29, 0.717) is 0 Å². The zero-order chi connectivity index (χ0) is 12.0. The summed E-state index contributed by atoms with van der Waals surface area (Å²) < 4.78 is 5.36. The summed E-state index contributed by atoms with van der Waals surface area (Å²) in [6.45, 7) is 4.10. The summed E-state index contributed by atoms with van der Waals surface area (Å²) in [5.74, 6) is 6.22. The standard InChI is InChI=1S/C11H20N4O/c1-11(2,16-3)6-5-9(15-12)10-13-7-4-8-14-10/h4,7-9,15H,5-6,12H2,1-3H3. The number of aromatic nitrogens is 2. The molecule has 16 heavy (non-hydrogen) atoms. The zero-order valence-electron chi connectivity index (χ0n) is 10.1. The number of nitrogens with one attached hydrogen (secondary N) is 1. The fraction of sp³-hybridized carbons (Fsp3) is 0.636. The highest BCUT2D eigenvalue weighted by atomic mass is 16.5.